The van der Waals surface area contributed by atoms with E-state index in [0.29, 0.717) is 6.42 Å². The second-order valence-electron chi connectivity index (χ2n) is 4.30. The number of hydrogen-bond donors (Lipinski definition) is 2. The Labute approximate surface area is 84.7 Å². The first kappa shape index (κ1) is 11.2. The largest absolute Gasteiger partial charge is 0.394 e. The molecular weight excluding hydrogens is 178 g/mol. The molecule has 1 aromatic rings. The molecule has 0 radical (unpaired) electrons. The van der Waals surface area contributed by atoms with Gasteiger partial charge in [-0.05, 0) is 33.3 Å². The van der Waals surface area contributed by atoms with Crippen molar-refractivity contribution in [1.29, 1.82) is 0 Å². The first-order valence-electron chi connectivity index (χ1n) is 4.86. The van der Waals surface area contributed by atoms with Crippen molar-refractivity contribution in [2.45, 2.75) is 38.8 Å². The van der Waals surface area contributed by atoms with Gasteiger partial charge in [0.05, 0.1) is 18.3 Å². The van der Waals surface area contributed by atoms with Crippen LogP contribution in [-0.4, -0.2) is 27.0 Å². The summed E-state index contributed by atoms with van der Waals surface area (Å²) in [4.78, 5) is 0. The average Bonchev–Trinajstić information content (AvgIpc) is 2.51. The highest BCUT2D eigenvalue weighted by Gasteiger charge is 2.21. The van der Waals surface area contributed by atoms with E-state index in [9.17, 15) is 0 Å². The predicted octanol–water partition coefficient (Wildman–Crippen LogP) is 0.852. The van der Waals surface area contributed by atoms with Crippen molar-refractivity contribution < 1.29 is 5.11 Å². The topological polar surface area (TPSA) is 64.1 Å². The minimum Gasteiger partial charge on any atom is -0.394 e. The molecule has 0 amide bonds. The maximum Gasteiger partial charge on any atom is 0.0609 e. The summed E-state index contributed by atoms with van der Waals surface area (Å²) in [6.45, 7) is 5.85. The molecule has 80 valence electrons. The molecule has 0 aromatic carbocycles. The highest BCUT2D eigenvalue weighted by atomic mass is 16.3. The number of rotatable bonds is 4. The number of aryl methyl sites for hydroxylation is 1. The van der Waals surface area contributed by atoms with Gasteiger partial charge in [-0.15, -0.1) is 0 Å². The summed E-state index contributed by atoms with van der Waals surface area (Å²) in [7, 11) is 0. The lowest BCUT2D eigenvalue weighted by atomic mass is 9.96. The Kier molecular flexibility index (Phi) is 3.29. The Morgan fingerprint density at radius 2 is 2.36 bits per heavy atom. The van der Waals surface area contributed by atoms with Crippen LogP contribution in [0.1, 0.15) is 32.0 Å². The maximum absolute atomic E-state index is 9.04. The smallest absolute Gasteiger partial charge is 0.0609 e. The van der Waals surface area contributed by atoms with Gasteiger partial charge in [-0.1, -0.05) is 0 Å². The molecule has 1 heterocycles. The van der Waals surface area contributed by atoms with E-state index < -0.39 is 5.54 Å². The van der Waals surface area contributed by atoms with Crippen LogP contribution in [0.25, 0.3) is 0 Å². The molecule has 0 saturated heterocycles. The van der Waals surface area contributed by atoms with Gasteiger partial charge in [0.2, 0.25) is 0 Å². The van der Waals surface area contributed by atoms with Crippen molar-refractivity contribution in [3.05, 3.63) is 18.0 Å². The van der Waals surface area contributed by atoms with Crippen LogP contribution in [0.3, 0.4) is 0 Å². The third kappa shape index (κ3) is 2.82. The normalized spacial score (nSPS) is 17.8. The molecule has 3 N–H and O–H groups in total. The number of aliphatic hydroxyl groups is 1. The van der Waals surface area contributed by atoms with Crippen molar-refractivity contribution in [2.75, 3.05) is 6.61 Å². The third-order valence-electron chi connectivity index (χ3n) is 2.32. The van der Waals surface area contributed by atoms with Gasteiger partial charge in [0.25, 0.3) is 0 Å². The molecule has 1 rings (SSSR count). The fourth-order valence-corrected chi connectivity index (χ4v) is 1.51. The molecule has 2 atom stereocenters. The second kappa shape index (κ2) is 4.11. The highest BCUT2D eigenvalue weighted by Crippen LogP contribution is 2.17. The summed E-state index contributed by atoms with van der Waals surface area (Å²) in [5.41, 5.74) is 6.34. The fraction of sp³-hybridized carbons (Fsp3) is 0.700. The van der Waals surface area contributed by atoms with Crippen molar-refractivity contribution >= 4 is 0 Å². The minimum atomic E-state index is -0.529. The van der Waals surface area contributed by atoms with Crippen LogP contribution in [0.4, 0.5) is 0 Å². The number of nitrogens with zero attached hydrogens (tertiary/aromatic N) is 2. The summed E-state index contributed by atoms with van der Waals surface area (Å²) in [6, 6.07) is 2.18. The quantitative estimate of drug-likeness (QED) is 0.752. The van der Waals surface area contributed by atoms with Crippen LogP contribution in [0.15, 0.2) is 12.3 Å². The Bertz CT molecular complexity index is 293. The average molecular weight is 197 g/mol. The van der Waals surface area contributed by atoms with E-state index in [1.54, 1.807) is 0 Å². The molecule has 2 unspecified atom stereocenters. The molecule has 0 aliphatic rings. The van der Waals surface area contributed by atoms with Crippen molar-refractivity contribution in [2.24, 2.45) is 5.73 Å². The predicted molar refractivity (Wildman–Crippen MR) is 56.0 cm³/mol. The van der Waals surface area contributed by atoms with Gasteiger partial charge < -0.3 is 10.8 Å². The SMILES string of the molecule is Cc1ccn(C(C)CC(C)(N)CO)n1. The molecule has 0 aliphatic heterocycles. The van der Waals surface area contributed by atoms with Crippen LogP contribution in [0.5, 0.6) is 0 Å². The van der Waals surface area contributed by atoms with Gasteiger partial charge in [0, 0.05) is 11.7 Å². The Morgan fingerprint density at radius 3 is 2.79 bits per heavy atom. The summed E-state index contributed by atoms with van der Waals surface area (Å²) in [5, 5.41) is 13.3. The van der Waals surface area contributed by atoms with Crippen molar-refractivity contribution in [3.8, 4) is 0 Å². The zero-order valence-electron chi connectivity index (χ0n) is 9.07. The monoisotopic (exact) mass is 197 g/mol. The van der Waals surface area contributed by atoms with Crippen LogP contribution in [0, 0.1) is 6.92 Å². The third-order valence-corrected chi connectivity index (χ3v) is 2.32. The van der Waals surface area contributed by atoms with Crippen molar-refractivity contribution in [3.63, 3.8) is 0 Å². The lowest BCUT2D eigenvalue weighted by Crippen LogP contribution is -2.42. The fourth-order valence-electron chi connectivity index (χ4n) is 1.51. The van der Waals surface area contributed by atoms with Gasteiger partial charge in [-0.2, -0.15) is 5.10 Å². The Morgan fingerprint density at radius 1 is 1.71 bits per heavy atom. The van der Waals surface area contributed by atoms with E-state index in [2.05, 4.69) is 5.10 Å². The number of nitrogens with two attached hydrogens (primary N) is 1. The van der Waals surface area contributed by atoms with Gasteiger partial charge in [-0.3, -0.25) is 4.68 Å². The Hall–Kier alpha value is -0.870. The molecule has 14 heavy (non-hydrogen) atoms. The summed E-state index contributed by atoms with van der Waals surface area (Å²) >= 11 is 0. The van der Waals surface area contributed by atoms with Crippen LogP contribution < -0.4 is 5.73 Å². The zero-order valence-corrected chi connectivity index (χ0v) is 9.07. The van der Waals surface area contributed by atoms with E-state index in [1.807, 2.05) is 37.7 Å². The molecule has 0 spiro atoms. The number of aliphatic hydroxyl groups excluding tert-OH is 1. The molecule has 1 aromatic heterocycles. The molecule has 0 aliphatic carbocycles. The standard InChI is InChI=1S/C10H19N3O/c1-8-4-5-13(12-8)9(2)6-10(3,11)7-14/h4-5,9,14H,6-7,11H2,1-3H3. The van der Waals surface area contributed by atoms with E-state index in [0.717, 1.165) is 5.69 Å². The first-order valence-corrected chi connectivity index (χ1v) is 4.86. The number of hydrogen-bond acceptors (Lipinski definition) is 3. The number of aromatic nitrogens is 2. The maximum atomic E-state index is 9.04. The minimum absolute atomic E-state index is 0.00239. The summed E-state index contributed by atoms with van der Waals surface area (Å²) in [6.07, 6.45) is 2.65. The lowest BCUT2D eigenvalue weighted by molar-refractivity contribution is 0.182. The van der Waals surface area contributed by atoms with Gasteiger partial charge in [0.15, 0.2) is 0 Å². The second-order valence-corrected chi connectivity index (χ2v) is 4.30. The first-order chi connectivity index (χ1) is 6.44. The molecule has 4 nitrogen and oxygen atoms in total. The molecule has 0 bridgehead atoms. The molecule has 4 heteroatoms. The Balaban J connectivity index is 2.63. The van der Waals surface area contributed by atoms with Gasteiger partial charge in [0.1, 0.15) is 0 Å². The van der Waals surface area contributed by atoms with Crippen LogP contribution >= 0.6 is 0 Å². The van der Waals surface area contributed by atoms with E-state index >= 15 is 0 Å². The van der Waals surface area contributed by atoms with Gasteiger partial charge in [-0.25, -0.2) is 0 Å². The highest BCUT2D eigenvalue weighted by molar-refractivity contribution is 4.96. The summed E-state index contributed by atoms with van der Waals surface area (Å²) < 4.78 is 1.89. The van der Waals surface area contributed by atoms with E-state index in [-0.39, 0.29) is 12.6 Å². The van der Waals surface area contributed by atoms with E-state index in [1.165, 1.54) is 0 Å². The van der Waals surface area contributed by atoms with Crippen LogP contribution in [0.2, 0.25) is 0 Å². The van der Waals surface area contributed by atoms with Crippen molar-refractivity contribution in [1.82, 2.24) is 9.78 Å². The zero-order chi connectivity index (χ0) is 10.8. The van der Waals surface area contributed by atoms with E-state index in [4.69, 9.17) is 10.8 Å². The van der Waals surface area contributed by atoms with Gasteiger partial charge >= 0.3 is 0 Å². The van der Waals surface area contributed by atoms with Crippen LogP contribution in [-0.2, 0) is 0 Å². The lowest BCUT2D eigenvalue weighted by Gasteiger charge is -2.25. The molecule has 0 saturated carbocycles. The molecular formula is C10H19N3O. The molecule has 0 fully saturated rings. The summed E-state index contributed by atoms with van der Waals surface area (Å²) in [5.74, 6) is 0.